The SMILES string of the molecule is CCNC(=NCC(C)CO)NCCCc1ccc(OC)c(OCC)c1.I. The molecule has 0 aliphatic carbocycles. The molecule has 0 heterocycles. The quantitative estimate of drug-likeness (QED) is 0.197. The number of aryl methyl sites for hydroxylation is 1. The number of nitrogens with zero attached hydrogens (tertiary/aromatic N) is 1. The Balaban J connectivity index is 0.00000625. The van der Waals surface area contributed by atoms with Crippen molar-refractivity contribution in [1.29, 1.82) is 0 Å². The molecule has 1 unspecified atom stereocenters. The Kier molecular flexibility index (Phi) is 14.2. The van der Waals surface area contributed by atoms with Crippen LogP contribution in [0.25, 0.3) is 0 Å². The van der Waals surface area contributed by atoms with Crippen molar-refractivity contribution in [2.75, 3.05) is 40.0 Å². The van der Waals surface area contributed by atoms with Crippen LogP contribution in [0.4, 0.5) is 0 Å². The van der Waals surface area contributed by atoms with Crippen LogP contribution < -0.4 is 20.1 Å². The number of hydrogen-bond donors (Lipinski definition) is 3. The summed E-state index contributed by atoms with van der Waals surface area (Å²) in [7, 11) is 1.65. The minimum absolute atomic E-state index is 0. The summed E-state index contributed by atoms with van der Waals surface area (Å²) in [5.41, 5.74) is 1.22. The molecule has 0 saturated carbocycles. The van der Waals surface area contributed by atoms with Crippen LogP contribution in [0.3, 0.4) is 0 Å². The molecule has 6 nitrogen and oxygen atoms in total. The number of methoxy groups -OCH3 is 1. The molecule has 0 spiro atoms. The average molecular weight is 479 g/mol. The van der Waals surface area contributed by atoms with E-state index in [1.54, 1.807) is 7.11 Å². The smallest absolute Gasteiger partial charge is 0.191 e. The van der Waals surface area contributed by atoms with E-state index in [0.29, 0.717) is 13.2 Å². The molecule has 150 valence electrons. The molecule has 0 aliphatic heterocycles. The number of guanidine groups is 1. The molecule has 0 amide bonds. The van der Waals surface area contributed by atoms with Crippen molar-refractivity contribution in [2.45, 2.75) is 33.6 Å². The van der Waals surface area contributed by atoms with Gasteiger partial charge in [0, 0.05) is 26.2 Å². The largest absolute Gasteiger partial charge is 0.493 e. The third kappa shape index (κ3) is 9.47. The van der Waals surface area contributed by atoms with E-state index in [9.17, 15) is 0 Å². The summed E-state index contributed by atoms with van der Waals surface area (Å²) in [6.45, 7) is 9.02. The highest BCUT2D eigenvalue weighted by Crippen LogP contribution is 2.28. The van der Waals surface area contributed by atoms with Crippen molar-refractivity contribution in [3.05, 3.63) is 23.8 Å². The maximum absolute atomic E-state index is 9.09. The third-order valence-corrected chi connectivity index (χ3v) is 3.68. The Labute approximate surface area is 174 Å². The molecule has 0 fully saturated rings. The van der Waals surface area contributed by atoms with Gasteiger partial charge in [-0.3, -0.25) is 4.99 Å². The lowest BCUT2D eigenvalue weighted by molar-refractivity contribution is 0.241. The number of aliphatic hydroxyl groups is 1. The number of aliphatic imine (C=N–C) groups is 1. The van der Waals surface area contributed by atoms with Crippen molar-refractivity contribution >= 4 is 29.9 Å². The molecule has 0 aromatic heterocycles. The van der Waals surface area contributed by atoms with Crippen LogP contribution in [-0.2, 0) is 6.42 Å². The molecule has 0 radical (unpaired) electrons. The molecule has 1 aromatic carbocycles. The summed E-state index contributed by atoms with van der Waals surface area (Å²) in [6.07, 6.45) is 1.93. The Morgan fingerprint density at radius 2 is 2.00 bits per heavy atom. The van der Waals surface area contributed by atoms with Crippen molar-refractivity contribution in [3.63, 3.8) is 0 Å². The fourth-order valence-electron chi connectivity index (χ4n) is 2.29. The fraction of sp³-hybridized carbons (Fsp3) is 0.632. The van der Waals surface area contributed by atoms with E-state index in [0.717, 1.165) is 43.4 Å². The average Bonchev–Trinajstić information content (AvgIpc) is 2.63. The second kappa shape index (κ2) is 14.9. The normalized spacial score (nSPS) is 12.1. The van der Waals surface area contributed by atoms with E-state index in [2.05, 4.69) is 21.7 Å². The van der Waals surface area contributed by atoms with Gasteiger partial charge in [0.15, 0.2) is 17.5 Å². The predicted octanol–water partition coefficient (Wildman–Crippen LogP) is 2.83. The lowest BCUT2D eigenvalue weighted by Crippen LogP contribution is -2.38. The number of rotatable bonds is 11. The van der Waals surface area contributed by atoms with Crippen LogP contribution in [0.15, 0.2) is 23.2 Å². The van der Waals surface area contributed by atoms with Gasteiger partial charge in [-0.2, -0.15) is 0 Å². The molecule has 3 N–H and O–H groups in total. The van der Waals surface area contributed by atoms with Gasteiger partial charge in [-0.05, 0) is 50.3 Å². The minimum atomic E-state index is 0. The fourth-order valence-corrected chi connectivity index (χ4v) is 2.29. The van der Waals surface area contributed by atoms with Crippen LogP contribution in [0, 0.1) is 5.92 Å². The van der Waals surface area contributed by atoms with Crippen LogP contribution >= 0.6 is 24.0 Å². The van der Waals surface area contributed by atoms with E-state index in [1.807, 2.05) is 32.9 Å². The minimum Gasteiger partial charge on any atom is -0.493 e. The van der Waals surface area contributed by atoms with Gasteiger partial charge in [0.05, 0.1) is 13.7 Å². The number of nitrogens with one attached hydrogen (secondary N) is 2. The lowest BCUT2D eigenvalue weighted by atomic mass is 10.1. The van der Waals surface area contributed by atoms with Gasteiger partial charge in [0.1, 0.15) is 0 Å². The summed E-state index contributed by atoms with van der Waals surface area (Å²) >= 11 is 0. The summed E-state index contributed by atoms with van der Waals surface area (Å²) in [5.74, 6) is 2.53. The van der Waals surface area contributed by atoms with Crippen LogP contribution in [0.2, 0.25) is 0 Å². The Morgan fingerprint density at radius 3 is 2.62 bits per heavy atom. The second-order valence-corrected chi connectivity index (χ2v) is 5.96. The van der Waals surface area contributed by atoms with Crippen LogP contribution in [0.5, 0.6) is 11.5 Å². The molecule has 0 aliphatic rings. The van der Waals surface area contributed by atoms with Gasteiger partial charge in [0.25, 0.3) is 0 Å². The van der Waals surface area contributed by atoms with E-state index in [-0.39, 0.29) is 36.5 Å². The monoisotopic (exact) mass is 479 g/mol. The summed E-state index contributed by atoms with van der Waals surface area (Å²) in [5, 5.41) is 15.6. The predicted molar refractivity (Wildman–Crippen MR) is 118 cm³/mol. The van der Waals surface area contributed by atoms with Gasteiger partial charge in [0.2, 0.25) is 0 Å². The summed E-state index contributed by atoms with van der Waals surface area (Å²) < 4.78 is 10.9. The van der Waals surface area contributed by atoms with Gasteiger partial charge in [-0.25, -0.2) is 0 Å². The second-order valence-electron chi connectivity index (χ2n) is 5.96. The van der Waals surface area contributed by atoms with Crippen molar-refractivity contribution in [1.82, 2.24) is 10.6 Å². The molecule has 1 rings (SSSR count). The van der Waals surface area contributed by atoms with Crippen molar-refractivity contribution < 1.29 is 14.6 Å². The Morgan fingerprint density at radius 1 is 1.23 bits per heavy atom. The molecule has 0 bridgehead atoms. The van der Waals surface area contributed by atoms with E-state index in [1.165, 1.54) is 5.56 Å². The van der Waals surface area contributed by atoms with Crippen molar-refractivity contribution in [3.8, 4) is 11.5 Å². The van der Waals surface area contributed by atoms with Crippen molar-refractivity contribution in [2.24, 2.45) is 10.9 Å². The number of benzene rings is 1. The maximum Gasteiger partial charge on any atom is 0.191 e. The highest BCUT2D eigenvalue weighted by Gasteiger charge is 2.06. The summed E-state index contributed by atoms with van der Waals surface area (Å²) in [6, 6.07) is 6.07. The molecule has 1 atom stereocenters. The van der Waals surface area contributed by atoms with Gasteiger partial charge >= 0.3 is 0 Å². The Bertz CT molecular complexity index is 527. The first kappa shape index (κ1) is 24.8. The standard InChI is InChI=1S/C19H33N3O3.HI/c1-5-20-19(22-13-15(3)14-23)21-11-7-8-16-9-10-17(24-4)18(12-16)25-6-2;/h9-10,12,15,23H,5-8,11,13-14H2,1-4H3,(H2,20,21,22);1H. The highest BCUT2D eigenvalue weighted by atomic mass is 127. The summed E-state index contributed by atoms with van der Waals surface area (Å²) in [4.78, 5) is 4.49. The van der Waals surface area contributed by atoms with E-state index < -0.39 is 0 Å². The lowest BCUT2D eigenvalue weighted by Gasteiger charge is -2.13. The van der Waals surface area contributed by atoms with Crippen LogP contribution in [0.1, 0.15) is 32.8 Å². The van der Waals surface area contributed by atoms with E-state index in [4.69, 9.17) is 14.6 Å². The van der Waals surface area contributed by atoms with Gasteiger partial charge < -0.3 is 25.2 Å². The molecule has 7 heteroatoms. The highest BCUT2D eigenvalue weighted by molar-refractivity contribution is 14.0. The zero-order valence-corrected chi connectivity index (χ0v) is 18.7. The molecule has 1 aromatic rings. The molecular formula is C19H34IN3O3. The molecule has 0 saturated heterocycles. The number of hydrogen-bond acceptors (Lipinski definition) is 4. The maximum atomic E-state index is 9.09. The van der Waals surface area contributed by atoms with E-state index >= 15 is 0 Å². The number of halogens is 1. The first-order valence-corrected chi connectivity index (χ1v) is 9.07. The van der Waals surface area contributed by atoms with Gasteiger partial charge in [-0.1, -0.05) is 13.0 Å². The number of aliphatic hydroxyl groups excluding tert-OH is 1. The number of ether oxygens (including phenoxy) is 2. The van der Waals surface area contributed by atoms with Gasteiger partial charge in [-0.15, -0.1) is 24.0 Å². The Hall–Kier alpha value is -1.22. The molecular weight excluding hydrogens is 445 g/mol. The first-order valence-electron chi connectivity index (χ1n) is 9.07. The first-order chi connectivity index (χ1) is 12.1. The zero-order chi connectivity index (χ0) is 18.5. The third-order valence-electron chi connectivity index (χ3n) is 3.68. The topological polar surface area (TPSA) is 75.1 Å². The zero-order valence-electron chi connectivity index (χ0n) is 16.4. The molecule has 26 heavy (non-hydrogen) atoms. The van der Waals surface area contributed by atoms with Crippen LogP contribution in [-0.4, -0.2) is 51.0 Å².